The molecule has 2 N–H and O–H groups in total. The molecule has 0 bridgehead atoms. The van der Waals surface area contributed by atoms with Gasteiger partial charge in [-0.2, -0.15) is 0 Å². The van der Waals surface area contributed by atoms with Gasteiger partial charge in [0.25, 0.3) is 0 Å². The fourth-order valence-electron chi connectivity index (χ4n) is 1.48. The molecular formula is C12H18N4O. The van der Waals surface area contributed by atoms with E-state index in [0.29, 0.717) is 12.5 Å². The summed E-state index contributed by atoms with van der Waals surface area (Å²) in [6.07, 6.45) is 4.32. The Morgan fingerprint density at radius 2 is 2.24 bits per heavy atom. The quantitative estimate of drug-likeness (QED) is 0.870. The molecule has 2 aromatic rings. The molecule has 17 heavy (non-hydrogen) atoms. The lowest BCUT2D eigenvalue weighted by molar-refractivity contribution is 0.221. The lowest BCUT2D eigenvalue weighted by atomic mass is 10.0. The van der Waals surface area contributed by atoms with E-state index >= 15 is 0 Å². The van der Waals surface area contributed by atoms with Gasteiger partial charge in [0, 0.05) is 18.8 Å². The van der Waals surface area contributed by atoms with Gasteiger partial charge < -0.3 is 15.0 Å². The first kappa shape index (κ1) is 11.9. The van der Waals surface area contributed by atoms with Gasteiger partial charge in [0.05, 0.1) is 11.8 Å². The van der Waals surface area contributed by atoms with Gasteiger partial charge in [-0.3, -0.25) is 0 Å². The van der Waals surface area contributed by atoms with Crippen molar-refractivity contribution in [3.05, 3.63) is 18.6 Å². The highest BCUT2D eigenvalue weighted by atomic mass is 16.5. The number of rotatable bonds is 4. The minimum Gasteiger partial charge on any atom is -0.474 e. The van der Waals surface area contributed by atoms with Crippen LogP contribution in [0.1, 0.15) is 20.3 Å². The Balaban J connectivity index is 2.25. The zero-order valence-corrected chi connectivity index (χ0v) is 10.5. The molecule has 0 saturated carbocycles. The zero-order valence-electron chi connectivity index (χ0n) is 10.5. The molecule has 2 heterocycles. The van der Waals surface area contributed by atoms with Gasteiger partial charge in [0.15, 0.2) is 5.52 Å². The Hall–Kier alpha value is -1.62. The molecule has 0 amide bonds. The average molecular weight is 234 g/mol. The summed E-state index contributed by atoms with van der Waals surface area (Å²) in [4.78, 5) is 8.48. The fourth-order valence-corrected chi connectivity index (χ4v) is 1.48. The van der Waals surface area contributed by atoms with Gasteiger partial charge in [-0.25, -0.2) is 9.97 Å². The summed E-state index contributed by atoms with van der Waals surface area (Å²) in [7, 11) is 1.94. The third-order valence-corrected chi connectivity index (χ3v) is 2.96. The number of aromatic nitrogens is 3. The molecule has 92 valence electrons. The Morgan fingerprint density at radius 1 is 1.47 bits per heavy atom. The predicted octanol–water partition coefficient (Wildman–Crippen LogP) is 1.47. The van der Waals surface area contributed by atoms with E-state index in [4.69, 9.17) is 10.5 Å². The molecule has 0 aromatic carbocycles. The summed E-state index contributed by atoms with van der Waals surface area (Å²) in [5.41, 5.74) is 7.48. The number of pyridine rings is 1. The van der Waals surface area contributed by atoms with Crippen LogP contribution in [-0.4, -0.2) is 26.7 Å². The van der Waals surface area contributed by atoms with Crippen molar-refractivity contribution in [2.24, 2.45) is 12.8 Å². The van der Waals surface area contributed by atoms with Gasteiger partial charge >= 0.3 is 0 Å². The highest BCUT2D eigenvalue weighted by Crippen LogP contribution is 2.21. The first-order valence-electron chi connectivity index (χ1n) is 5.71. The number of aryl methyl sites for hydroxylation is 1. The average Bonchev–Trinajstić information content (AvgIpc) is 2.70. The standard InChI is InChI=1S/C12H18N4O/c1-4-12(2,13)7-17-11-10-9(5-6-14-11)16(3)8-15-10/h5-6,8H,4,7,13H2,1-3H3. The lowest BCUT2D eigenvalue weighted by Crippen LogP contribution is -2.41. The molecule has 0 aliphatic rings. The Morgan fingerprint density at radius 3 is 2.94 bits per heavy atom. The van der Waals surface area contributed by atoms with Crippen molar-refractivity contribution in [2.75, 3.05) is 6.61 Å². The van der Waals surface area contributed by atoms with Crippen LogP contribution in [0.2, 0.25) is 0 Å². The van der Waals surface area contributed by atoms with Crippen LogP contribution in [0.3, 0.4) is 0 Å². The van der Waals surface area contributed by atoms with E-state index in [1.165, 1.54) is 0 Å². The van der Waals surface area contributed by atoms with Crippen molar-refractivity contribution in [2.45, 2.75) is 25.8 Å². The Bertz CT molecular complexity index is 518. The Kier molecular flexibility index (Phi) is 3.02. The van der Waals surface area contributed by atoms with Crippen molar-refractivity contribution < 1.29 is 4.74 Å². The van der Waals surface area contributed by atoms with Crippen molar-refractivity contribution in [1.29, 1.82) is 0 Å². The second-order valence-corrected chi connectivity index (χ2v) is 4.64. The van der Waals surface area contributed by atoms with E-state index < -0.39 is 0 Å². The summed E-state index contributed by atoms with van der Waals surface area (Å²) >= 11 is 0. The smallest absolute Gasteiger partial charge is 0.242 e. The fraction of sp³-hybridized carbons (Fsp3) is 0.500. The summed E-state index contributed by atoms with van der Waals surface area (Å²) in [5.74, 6) is 0.549. The normalized spacial score (nSPS) is 14.8. The van der Waals surface area contributed by atoms with Gasteiger partial charge in [-0.15, -0.1) is 0 Å². The SMILES string of the molecule is CCC(C)(N)COc1nccc2c1ncn2C. The van der Waals surface area contributed by atoms with Crippen molar-refractivity contribution in [1.82, 2.24) is 14.5 Å². The third kappa shape index (κ3) is 2.39. The maximum Gasteiger partial charge on any atom is 0.242 e. The molecule has 1 unspecified atom stereocenters. The number of hydrogen-bond acceptors (Lipinski definition) is 4. The monoisotopic (exact) mass is 234 g/mol. The highest BCUT2D eigenvalue weighted by molar-refractivity contribution is 5.79. The number of ether oxygens (including phenoxy) is 1. The number of nitrogens with two attached hydrogens (primary N) is 1. The number of imidazole rings is 1. The van der Waals surface area contributed by atoms with Crippen LogP contribution in [0.15, 0.2) is 18.6 Å². The second kappa shape index (κ2) is 4.33. The molecule has 5 nitrogen and oxygen atoms in total. The van der Waals surface area contributed by atoms with Gasteiger partial charge in [-0.05, 0) is 19.4 Å². The minimum absolute atomic E-state index is 0.335. The van der Waals surface area contributed by atoms with E-state index in [2.05, 4.69) is 9.97 Å². The van der Waals surface area contributed by atoms with E-state index in [0.717, 1.165) is 17.5 Å². The van der Waals surface area contributed by atoms with E-state index in [1.807, 2.05) is 31.5 Å². The van der Waals surface area contributed by atoms with Crippen LogP contribution in [0.25, 0.3) is 11.0 Å². The number of hydrogen-bond donors (Lipinski definition) is 1. The molecule has 0 radical (unpaired) electrons. The zero-order chi connectivity index (χ0) is 12.5. The molecule has 0 fully saturated rings. The molecule has 0 aliphatic carbocycles. The number of fused-ring (bicyclic) bond motifs is 1. The molecule has 2 aromatic heterocycles. The highest BCUT2D eigenvalue weighted by Gasteiger charge is 2.18. The van der Waals surface area contributed by atoms with Crippen LogP contribution in [0, 0.1) is 0 Å². The van der Waals surface area contributed by atoms with E-state index in [9.17, 15) is 0 Å². The van der Waals surface area contributed by atoms with Crippen LogP contribution in [0.5, 0.6) is 5.88 Å². The molecule has 0 spiro atoms. The second-order valence-electron chi connectivity index (χ2n) is 4.64. The summed E-state index contributed by atoms with van der Waals surface area (Å²) < 4.78 is 7.61. The van der Waals surface area contributed by atoms with E-state index in [-0.39, 0.29) is 5.54 Å². The van der Waals surface area contributed by atoms with Crippen LogP contribution >= 0.6 is 0 Å². The lowest BCUT2D eigenvalue weighted by Gasteiger charge is -2.22. The van der Waals surface area contributed by atoms with Crippen molar-refractivity contribution in [3.63, 3.8) is 0 Å². The van der Waals surface area contributed by atoms with Crippen LogP contribution in [-0.2, 0) is 7.05 Å². The van der Waals surface area contributed by atoms with Crippen LogP contribution < -0.4 is 10.5 Å². The molecule has 1 atom stereocenters. The summed E-state index contributed by atoms with van der Waals surface area (Å²) in [5, 5.41) is 0. The Labute approximate surface area is 101 Å². The maximum atomic E-state index is 6.03. The van der Waals surface area contributed by atoms with Gasteiger partial charge in [0.2, 0.25) is 5.88 Å². The largest absolute Gasteiger partial charge is 0.474 e. The first-order chi connectivity index (χ1) is 8.03. The molecular weight excluding hydrogens is 216 g/mol. The third-order valence-electron chi connectivity index (χ3n) is 2.96. The minimum atomic E-state index is -0.335. The predicted molar refractivity (Wildman–Crippen MR) is 66.9 cm³/mol. The topological polar surface area (TPSA) is 66.0 Å². The van der Waals surface area contributed by atoms with Crippen molar-refractivity contribution in [3.8, 4) is 5.88 Å². The molecule has 0 aliphatic heterocycles. The molecule has 0 saturated heterocycles. The summed E-state index contributed by atoms with van der Waals surface area (Å²) in [6, 6.07) is 1.91. The first-order valence-corrected chi connectivity index (χ1v) is 5.71. The van der Waals surface area contributed by atoms with E-state index in [1.54, 1.807) is 12.5 Å². The maximum absolute atomic E-state index is 6.03. The number of nitrogens with zero attached hydrogens (tertiary/aromatic N) is 3. The summed E-state index contributed by atoms with van der Waals surface area (Å²) in [6.45, 7) is 4.44. The van der Waals surface area contributed by atoms with Gasteiger partial charge in [0.1, 0.15) is 6.61 Å². The van der Waals surface area contributed by atoms with Crippen LogP contribution in [0.4, 0.5) is 0 Å². The van der Waals surface area contributed by atoms with Crippen molar-refractivity contribution >= 4 is 11.0 Å². The molecule has 5 heteroatoms. The van der Waals surface area contributed by atoms with Gasteiger partial charge in [-0.1, -0.05) is 6.92 Å². The molecule has 2 rings (SSSR count).